The number of morpholine rings is 1. The average Bonchev–Trinajstić information content (AvgIpc) is 3.51. The Bertz CT molecular complexity index is 1660. The Morgan fingerprint density at radius 2 is 1.74 bits per heavy atom. The van der Waals surface area contributed by atoms with Gasteiger partial charge in [0.2, 0.25) is 0 Å². The van der Waals surface area contributed by atoms with Crippen molar-refractivity contribution in [3.05, 3.63) is 94.7 Å². The average molecular weight is 593 g/mol. The van der Waals surface area contributed by atoms with Crippen LogP contribution in [0.1, 0.15) is 27.9 Å². The number of nitrogens with zero attached hydrogens (tertiary/aromatic N) is 3. The number of hydrogen-bond donors (Lipinski definition) is 1. The fourth-order valence-corrected chi connectivity index (χ4v) is 6.19. The van der Waals surface area contributed by atoms with Crippen molar-refractivity contribution < 1.29 is 14.3 Å². The summed E-state index contributed by atoms with van der Waals surface area (Å²) >= 11 is 0. The normalized spacial score (nSPS) is 16.8. The molecule has 0 atom stereocenters. The number of anilines is 1. The molecule has 1 aromatic heterocycles. The number of carbonyl (C=O) groups is 1. The number of aromatic nitrogens is 2. The number of nitrogens with one attached hydrogen (secondary N) is 1. The standard InChI is InChI=1S/C35H40N4O3Si/c1-43(2,3)21-20-42-25-39-34-23-28(22-31-29-6-4-5-7-32(29)36-35(31)40)12-14-30(34)33(37-39)15-13-26-8-10-27(11-9-26)24-38-16-18-41-19-17-38/h4-15,22-23H,16-21,24-25H2,1-3H3,(H,36,40). The highest BCUT2D eigenvalue weighted by Crippen LogP contribution is 2.33. The third kappa shape index (κ3) is 7.22. The van der Waals surface area contributed by atoms with Crippen LogP contribution in [0, 0.1) is 0 Å². The molecule has 7 nitrogen and oxygen atoms in total. The van der Waals surface area contributed by atoms with Crippen LogP contribution in [0.4, 0.5) is 5.69 Å². The minimum atomic E-state index is -1.20. The van der Waals surface area contributed by atoms with Crippen molar-refractivity contribution in [3.8, 4) is 0 Å². The first-order chi connectivity index (χ1) is 20.8. The molecule has 1 saturated heterocycles. The van der Waals surface area contributed by atoms with E-state index in [0.717, 1.165) is 84.5 Å². The highest BCUT2D eigenvalue weighted by molar-refractivity contribution is 6.76. The molecule has 0 aliphatic carbocycles. The summed E-state index contributed by atoms with van der Waals surface area (Å²) in [5.41, 5.74) is 7.71. The van der Waals surface area contributed by atoms with E-state index >= 15 is 0 Å². The zero-order valence-electron chi connectivity index (χ0n) is 25.3. The largest absolute Gasteiger partial charge is 0.379 e. The Kier molecular flexibility index (Phi) is 8.72. The van der Waals surface area contributed by atoms with Crippen molar-refractivity contribution in [2.24, 2.45) is 0 Å². The quantitative estimate of drug-likeness (QED) is 0.124. The van der Waals surface area contributed by atoms with Crippen molar-refractivity contribution in [2.45, 2.75) is 39.0 Å². The van der Waals surface area contributed by atoms with Crippen LogP contribution in [0.3, 0.4) is 0 Å². The zero-order chi connectivity index (χ0) is 29.8. The number of amides is 1. The van der Waals surface area contributed by atoms with Crippen molar-refractivity contribution in [1.29, 1.82) is 0 Å². The Balaban J connectivity index is 1.25. The highest BCUT2D eigenvalue weighted by atomic mass is 28.3. The first kappa shape index (κ1) is 29.3. The molecule has 0 spiro atoms. The van der Waals surface area contributed by atoms with Gasteiger partial charge in [-0.25, -0.2) is 4.68 Å². The molecule has 2 aliphatic rings. The van der Waals surface area contributed by atoms with Gasteiger partial charge in [-0.1, -0.05) is 74.2 Å². The fraction of sp³-hybridized carbons (Fsp3) is 0.314. The molecule has 222 valence electrons. The molecule has 1 N–H and O–H groups in total. The lowest BCUT2D eigenvalue weighted by Gasteiger charge is -2.26. The second-order valence-corrected chi connectivity index (χ2v) is 18.2. The molecule has 1 amide bonds. The van der Waals surface area contributed by atoms with Gasteiger partial charge in [0.05, 0.1) is 24.4 Å². The summed E-state index contributed by atoms with van der Waals surface area (Å²) in [7, 11) is -1.20. The van der Waals surface area contributed by atoms with Gasteiger partial charge < -0.3 is 14.8 Å². The molecular weight excluding hydrogens is 552 g/mol. The van der Waals surface area contributed by atoms with E-state index < -0.39 is 8.07 Å². The van der Waals surface area contributed by atoms with Crippen LogP contribution in [0.5, 0.6) is 0 Å². The first-order valence-corrected chi connectivity index (χ1v) is 18.8. The van der Waals surface area contributed by atoms with Gasteiger partial charge in [-0.05, 0) is 53.1 Å². The Hall–Kier alpha value is -3.82. The summed E-state index contributed by atoms with van der Waals surface area (Å²) in [6.45, 7) is 12.7. The monoisotopic (exact) mass is 592 g/mol. The molecule has 1 fully saturated rings. The highest BCUT2D eigenvalue weighted by Gasteiger charge is 2.23. The number of benzene rings is 3. The Labute approximate surface area is 254 Å². The molecule has 0 radical (unpaired) electrons. The van der Waals surface area contributed by atoms with Crippen molar-refractivity contribution in [1.82, 2.24) is 14.7 Å². The third-order valence-electron chi connectivity index (χ3n) is 7.96. The first-order valence-electron chi connectivity index (χ1n) is 15.1. The zero-order valence-corrected chi connectivity index (χ0v) is 26.3. The Morgan fingerprint density at radius 1 is 0.977 bits per heavy atom. The molecule has 0 bridgehead atoms. The molecule has 2 aliphatic heterocycles. The summed E-state index contributed by atoms with van der Waals surface area (Å²) in [5, 5.41) is 8.97. The van der Waals surface area contributed by atoms with E-state index in [-0.39, 0.29) is 5.91 Å². The van der Waals surface area contributed by atoms with Crippen LogP contribution in [-0.4, -0.2) is 61.6 Å². The van der Waals surface area contributed by atoms with Gasteiger partial charge in [0.25, 0.3) is 5.91 Å². The molecule has 6 rings (SSSR count). The fourth-order valence-electron chi connectivity index (χ4n) is 5.43. The number of ether oxygens (including phenoxy) is 2. The predicted octanol–water partition coefficient (Wildman–Crippen LogP) is 6.84. The van der Waals surface area contributed by atoms with Crippen LogP contribution < -0.4 is 5.32 Å². The van der Waals surface area contributed by atoms with Crippen LogP contribution in [0.15, 0.2) is 66.7 Å². The topological polar surface area (TPSA) is 68.6 Å². The SMILES string of the molecule is C[Si](C)(C)CCOCn1nc(C=Cc2ccc(CN3CCOCC3)cc2)c2ccc(C=C3C(=O)Nc4ccccc43)cc21. The lowest BCUT2D eigenvalue weighted by Crippen LogP contribution is -2.35. The van der Waals surface area contributed by atoms with Gasteiger partial charge in [0, 0.05) is 56.5 Å². The molecule has 4 aromatic rings. The summed E-state index contributed by atoms with van der Waals surface area (Å²) in [6, 6.07) is 23.9. The van der Waals surface area contributed by atoms with E-state index in [4.69, 9.17) is 14.6 Å². The minimum absolute atomic E-state index is 0.0796. The van der Waals surface area contributed by atoms with Gasteiger partial charge in [0.1, 0.15) is 6.73 Å². The minimum Gasteiger partial charge on any atom is -0.379 e. The van der Waals surface area contributed by atoms with Crippen molar-refractivity contribution in [2.75, 3.05) is 38.2 Å². The van der Waals surface area contributed by atoms with Gasteiger partial charge in [0.15, 0.2) is 0 Å². The maximum atomic E-state index is 12.7. The Morgan fingerprint density at radius 3 is 2.53 bits per heavy atom. The number of rotatable bonds is 10. The summed E-state index contributed by atoms with van der Waals surface area (Å²) < 4.78 is 13.5. The smallest absolute Gasteiger partial charge is 0.256 e. The molecule has 8 heteroatoms. The van der Waals surface area contributed by atoms with E-state index in [9.17, 15) is 4.79 Å². The molecule has 3 heterocycles. The van der Waals surface area contributed by atoms with E-state index in [1.165, 1.54) is 5.56 Å². The van der Waals surface area contributed by atoms with E-state index in [1.54, 1.807) is 0 Å². The van der Waals surface area contributed by atoms with Crippen LogP contribution in [-0.2, 0) is 27.5 Å². The molecular formula is C35H40N4O3Si. The number of para-hydroxylation sites is 1. The van der Waals surface area contributed by atoms with E-state index in [0.29, 0.717) is 12.3 Å². The molecule has 0 unspecified atom stereocenters. The lowest BCUT2D eigenvalue weighted by molar-refractivity contribution is -0.110. The molecule has 43 heavy (non-hydrogen) atoms. The van der Waals surface area contributed by atoms with Gasteiger partial charge in [-0.2, -0.15) is 5.10 Å². The van der Waals surface area contributed by atoms with Gasteiger partial charge >= 0.3 is 0 Å². The second-order valence-electron chi connectivity index (χ2n) is 12.5. The van der Waals surface area contributed by atoms with Crippen LogP contribution >= 0.6 is 0 Å². The van der Waals surface area contributed by atoms with Crippen molar-refractivity contribution in [3.63, 3.8) is 0 Å². The maximum Gasteiger partial charge on any atom is 0.256 e. The third-order valence-corrected chi connectivity index (χ3v) is 9.66. The van der Waals surface area contributed by atoms with Crippen LogP contribution in [0.2, 0.25) is 25.7 Å². The second kappa shape index (κ2) is 12.8. The van der Waals surface area contributed by atoms with Gasteiger partial charge in [-0.3, -0.25) is 9.69 Å². The van der Waals surface area contributed by atoms with Crippen molar-refractivity contribution >= 4 is 54.4 Å². The molecule has 3 aromatic carbocycles. The van der Waals surface area contributed by atoms with E-state index in [1.807, 2.05) is 35.0 Å². The molecule has 0 saturated carbocycles. The van der Waals surface area contributed by atoms with Gasteiger partial charge in [-0.15, -0.1) is 0 Å². The maximum absolute atomic E-state index is 12.7. The summed E-state index contributed by atoms with van der Waals surface area (Å²) in [5.74, 6) is -0.0796. The number of hydrogen-bond acceptors (Lipinski definition) is 5. The van der Waals surface area contributed by atoms with E-state index in [2.05, 4.69) is 84.5 Å². The number of fused-ring (bicyclic) bond motifs is 2. The predicted molar refractivity (Wildman–Crippen MR) is 178 cm³/mol. The lowest BCUT2D eigenvalue weighted by atomic mass is 10.0. The number of carbonyl (C=O) groups excluding carboxylic acids is 1. The summed E-state index contributed by atoms with van der Waals surface area (Å²) in [6.07, 6.45) is 6.15. The van der Waals surface area contributed by atoms with Crippen LogP contribution in [0.25, 0.3) is 34.7 Å². The summed E-state index contributed by atoms with van der Waals surface area (Å²) in [4.78, 5) is 15.2.